The van der Waals surface area contributed by atoms with Crippen LogP contribution in [0.3, 0.4) is 0 Å². The lowest BCUT2D eigenvalue weighted by Crippen LogP contribution is -2.34. The summed E-state index contributed by atoms with van der Waals surface area (Å²) in [5.74, 6) is 1.15. The van der Waals surface area contributed by atoms with E-state index in [1.807, 2.05) is 0 Å². The van der Waals surface area contributed by atoms with E-state index in [2.05, 4.69) is 89.2 Å². The molecule has 0 nitrogen and oxygen atoms in total. The molecule has 30 heavy (non-hydrogen) atoms. The van der Waals surface area contributed by atoms with Gasteiger partial charge in [-0.1, -0.05) is 74.0 Å². The second kappa shape index (κ2) is 8.58. The van der Waals surface area contributed by atoms with Gasteiger partial charge in [0.2, 0.25) is 0 Å². The number of hydrogen-bond acceptors (Lipinski definition) is 0. The second-order valence-corrected chi connectivity index (χ2v) is 9.87. The summed E-state index contributed by atoms with van der Waals surface area (Å²) >= 11 is 0. The first-order valence-corrected chi connectivity index (χ1v) is 12.0. The van der Waals surface area contributed by atoms with Gasteiger partial charge in [-0.2, -0.15) is 0 Å². The molecular weight excluding hydrogens is 360 g/mol. The van der Waals surface area contributed by atoms with Crippen LogP contribution in [0.1, 0.15) is 80.5 Å². The Morgan fingerprint density at radius 2 is 1.67 bits per heavy atom. The topological polar surface area (TPSA) is 0 Å². The van der Waals surface area contributed by atoms with Gasteiger partial charge in [0, 0.05) is 5.41 Å². The first-order chi connectivity index (χ1) is 14.4. The Bertz CT molecular complexity index is 974. The highest BCUT2D eigenvalue weighted by Crippen LogP contribution is 2.55. The normalized spacial score (nSPS) is 26.9. The Morgan fingerprint density at radius 3 is 2.40 bits per heavy atom. The molecule has 0 radical (unpaired) electrons. The van der Waals surface area contributed by atoms with Crippen molar-refractivity contribution >= 4 is 0 Å². The molecule has 2 unspecified atom stereocenters. The van der Waals surface area contributed by atoms with E-state index in [1.165, 1.54) is 66.3 Å². The minimum absolute atomic E-state index is 0.217. The fourth-order valence-corrected chi connectivity index (χ4v) is 6.09. The quantitative estimate of drug-likeness (QED) is 0.453. The van der Waals surface area contributed by atoms with Gasteiger partial charge in [-0.05, 0) is 105 Å². The molecule has 0 fully saturated rings. The average Bonchev–Trinajstić information content (AvgIpc) is 2.91. The third-order valence-electron chi connectivity index (χ3n) is 8.34. The van der Waals surface area contributed by atoms with Crippen molar-refractivity contribution in [3.63, 3.8) is 0 Å². The van der Waals surface area contributed by atoms with Crippen molar-refractivity contribution in [1.29, 1.82) is 0 Å². The van der Waals surface area contributed by atoms with Crippen LogP contribution in [0.5, 0.6) is 0 Å². The first-order valence-electron chi connectivity index (χ1n) is 12.0. The molecule has 0 heteroatoms. The van der Waals surface area contributed by atoms with Crippen LogP contribution in [0.15, 0.2) is 60.2 Å². The van der Waals surface area contributed by atoms with Crippen LogP contribution in [-0.4, -0.2) is 0 Å². The summed E-state index contributed by atoms with van der Waals surface area (Å²) in [4.78, 5) is 0. The van der Waals surface area contributed by atoms with Crippen LogP contribution in [0.4, 0.5) is 0 Å². The van der Waals surface area contributed by atoms with E-state index in [4.69, 9.17) is 0 Å². The first kappa shape index (κ1) is 21.2. The molecule has 0 amide bonds. The van der Waals surface area contributed by atoms with Gasteiger partial charge in [-0.3, -0.25) is 0 Å². The zero-order valence-corrected chi connectivity index (χ0v) is 19.6. The summed E-state index contributed by atoms with van der Waals surface area (Å²) in [6.07, 6.45) is 15.2. The van der Waals surface area contributed by atoms with E-state index in [-0.39, 0.29) is 5.41 Å². The monoisotopic (exact) mass is 398 g/mol. The largest absolute Gasteiger partial charge is 0.0882 e. The Kier molecular flexibility index (Phi) is 6.05. The van der Waals surface area contributed by atoms with E-state index in [9.17, 15) is 0 Å². The minimum atomic E-state index is 0.217. The molecule has 0 saturated heterocycles. The molecule has 2 aromatic carbocycles. The van der Waals surface area contributed by atoms with Crippen LogP contribution >= 0.6 is 0 Å². The summed E-state index contributed by atoms with van der Waals surface area (Å²) in [5.41, 5.74) is 10.6. The molecule has 0 heterocycles. The van der Waals surface area contributed by atoms with E-state index in [0.717, 1.165) is 0 Å². The maximum atomic E-state index is 2.59. The van der Waals surface area contributed by atoms with Crippen LogP contribution in [0.2, 0.25) is 0 Å². The average molecular weight is 399 g/mol. The van der Waals surface area contributed by atoms with Crippen molar-refractivity contribution in [3.05, 3.63) is 82.5 Å². The van der Waals surface area contributed by atoms with Crippen molar-refractivity contribution in [2.45, 2.75) is 79.1 Å². The highest BCUT2D eigenvalue weighted by atomic mass is 14.5. The van der Waals surface area contributed by atoms with Gasteiger partial charge in [-0.25, -0.2) is 0 Å². The highest BCUT2D eigenvalue weighted by molar-refractivity contribution is 5.72. The van der Waals surface area contributed by atoms with E-state index in [0.29, 0.717) is 11.8 Å². The molecule has 2 aliphatic carbocycles. The Balaban J connectivity index is 1.82. The molecular formula is C30H38. The number of aryl methyl sites for hydroxylation is 1. The van der Waals surface area contributed by atoms with E-state index < -0.39 is 0 Å². The zero-order chi connectivity index (χ0) is 21.3. The molecule has 0 aromatic heterocycles. The number of allylic oxidation sites excluding steroid dienone is 4. The molecule has 0 saturated carbocycles. The number of hydrogen-bond donors (Lipinski definition) is 0. The molecule has 0 N–H and O–H groups in total. The van der Waals surface area contributed by atoms with E-state index >= 15 is 0 Å². The fraction of sp³-hybridized carbons (Fsp3) is 0.467. The number of benzene rings is 2. The molecule has 0 spiro atoms. The van der Waals surface area contributed by atoms with Crippen molar-refractivity contribution < 1.29 is 0 Å². The summed E-state index contributed by atoms with van der Waals surface area (Å²) < 4.78 is 0. The van der Waals surface area contributed by atoms with Crippen LogP contribution < -0.4 is 0 Å². The van der Waals surface area contributed by atoms with Crippen molar-refractivity contribution in [3.8, 4) is 11.1 Å². The highest BCUT2D eigenvalue weighted by Gasteiger charge is 2.43. The zero-order valence-electron chi connectivity index (χ0n) is 19.6. The Labute approximate surface area is 184 Å². The van der Waals surface area contributed by atoms with Crippen LogP contribution in [-0.2, 0) is 0 Å². The molecule has 2 aliphatic rings. The molecule has 4 rings (SSSR count). The standard InChI is InChI=1S/C30H38/c1-21-13-9-11-17-26(21)27-19-20-28(24(4)23(27)3)29-18-12-10-14-22(2)30(29,5)25-15-7-6-8-16-25/h9-11,13-15,17,19-20,22,29H,6-8,12,16,18H2,1-5H3/t22?,29?,30-/m0/s1. The lowest BCUT2D eigenvalue weighted by atomic mass is 9.59. The third kappa shape index (κ3) is 3.59. The lowest BCUT2D eigenvalue weighted by molar-refractivity contribution is 0.224. The number of rotatable bonds is 3. The molecule has 158 valence electrons. The van der Waals surface area contributed by atoms with Gasteiger partial charge in [0.1, 0.15) is 0 Å². The van der Waals surface area contributed by atoms with Gasteiger partial charge in [0.25, 0.3) is 0 Å². The van der Waals surface area contributed by atoms with Gasteiger partial charge in [-0.15, -0.1) is 0 Å². The van der Waals surface area contributed by atoms with Crippen LogP contribution in [0.25, 0.3) is 11.1 Å². The van der Waals surface area contributed by atoms with Gasteiger partial charge < -0.3 is 0 Å². The predicted molar refractivity (Wildman–Crippen MR) is 131 cm³/mol. The van der Waals surface area contributed by atoms with E-state index in [1.54, 1.807) is 11.1 Å². The maximum Gasteiger partial charge on any atom is 0.00125 e. The van der Waals surface area contributed by atoms with Crippen molar-refractivity contribution in [2.24, 2.45) is 11.3 Å². The summed E-state index contributed by atoms with van der Waals surface area (Å²) in [6.45, 7) is 11.9. The summed E-state index contributed by atoms with van der Waals surface area (Å²) in [5, 5.41) is 0. The Morgan fingerprint density at radius 1 is 0.867 bits per heavy atom. The molecule has 0 bridgehead atoms. The van der Waals surface area contributed by atoms with Crippen LogP contribution in [0, 0.1) is 32.1 Å². The molecule has 0 aliphatic heterocycles. The SMILES string of the molecule is Cc1ccccc1-c1ccc(C2CCC=CC(C)[C@@]2(C)C2=CCCCC2)c(C)c1C. The second-order valence-electron chi connectivity index (χ2n) is 9.87. The molecule has 2 aromatic rings. The fourth-order valence-electron chi connectivity index (χ4n) is 6.09. The van der Waals surface area contributed by atoms with Crippen molar-refractivity contribution in [2.75, 3.05) is 0 Å². The van der Waals surface area contributed by atoms with Gasteiger partial charge in [0.05, 0.1) is 0 Å². The van der Waals surface area contributed by atoms with Gasteiger partial charge in [0.15, 0.2) is 0 Å². The summed E-state index contributed by atoms with van der Waals surface area (Å²) in [6, 6.07) is 13.7. The smallest absolute Gasteiger partial charge is 0.00125 e. The van der Waals surface area contributed by atoms with Crippen molar-refractivity contribution in [1.82, 2.24) is 0 Å². The van der Waals surface area contributed by atoms with Gasteiger partial charge >= 0.3 is 0 Å². The molecule has 3 atom stereocenters. The predicted octanol–water partition coefficient (Wildman–Crippen LogP) is 8.86. The maximum absolute atomic E-state index is 2.59. The third-order valence-corrected chi connectivity index (χ3v) is 8.34. The Hall–Kier alpha value is -2.08. The summed E-state index contributed by atoms with van der Waals surface area (Å²) in [7, 11) is 0. The lowest BCUT2D eigenvalue weighted by Gasteiger charge is -2.45. The minimum Gasteiger partial charge on any atom is -0.0882 e.